The van der Waals surface area contributed by atoms with Crippen molar-refractivity contribution in [2.45, 2.75) is 19.9 Å². The minimum atomic E-state index is -0.259. The zero-order chi connectivity index (χ0) is 22.2. The van der Waals surface area contributed by atoms with E-state index in [-0.39, 0.29) is 17.9 Å². The molecule has 0 aliphatic carbocycles. The molecule has 1 heterocycles. The smallest absolute Gasteiger partial charge is 0.241 e. The Balaban J connectivity index is 1.43. The van der Waals surface area contributed by atoms with Gasteiger partial charge in [-0.15, -0.1) is 0 Å². The molecule has 31 heavy (non-hydrogen) atoms. The highest BCUT2D eigenvalue weighted by molar-refractivity contribution is 6.33. The number of hydrogen-bond donors (Lipinski definition) is 2. The average molecular weight is 445 g/mol. The number of nitrogens with one attached hydrogen (secondary N) is 2. The SMILES string of the molecule is CCOc1ccc(NC(=O)C(C)N2CCN(CC(=O)Nc3ccccc3Cl)CC2)cc1. The maximum absolute atomic E-state index is 12.6. The highest BCUT2D eigenvalue weighted by Gasteiger charge is 2.26. The molecule has 3 rings (SSSR count). The van der Waals surface area contributed by atoms with Crippen molar-refractivity contribution in [1.82, 2.24) is 9.80 Å². The monoisotopic (exact) mass is 444 g/mol. The van der Waals surface area contributed by atoms with E-state index in [4.69, 9.17) is 16.3 Å². The molecule has 0 saturated carbocycles. The predicted octanol–water partition coefficient (Wildman–Crippen LogP) is 3.32. The first kappa shape index (κ1) is 23.1. The second kappa shape index (κ2) is 11.1. The van der Waals surface area contributed by atoms with Crippen LogP contribution in [-0.2, 0) is 9.59 Å². The van der Waals surface area contributed by atoms with Crippen molar-refractivity contribution in [2.75, 3.05) is 50.0 Å². The van der Waals surface area contributed by atoms with Gasteiger partial charge in [0.1, 0.15) is 5.75 Å². The standard InChI is InChI=1S/C23H29ClN4O3/c1-3-31-19-10-8-18(9-11-19)25-23(30)17(2)28-14-12-27(13-15-28)16-22(29)26-21-7-5-4-6-20(21)24/h4-11,17H,3,12-16H2,1-2H3,(H,25,30)(H,26,29). The number of hydrogen-bond acceptors (Lipinski definition) is 5. The predicted molar refractivity (Wildman–Crippen MR) is 124 cm³/mol. The van der Waals surface area contributed by atoms with Crippen molar-refractivity contribution in [1.29, 1.82) is 0 Å². The molecule has 1 fully saturated rings. The third-order valence-corrected chi connectivity index (χ3v) is 5.61. The minimum absolute atomic E-state index is 0.0472. The van der Waals surface area contributed by atoms with Gasteiger partial charge in [0.2, 0.25) is 11.8 Å². The van der Waals surface area contributed by atoms with Crippen molar-refractivity contribution in [3.8, 4) is 5.75 Å². The van der Waals surface area contributed by atoms with Crippen LogP contribution in [0.5, 0.6) is 5.75 Å². The molecule has 2 aromatic rings. The van der Waals surface area contributed by atoms with E-state index < -0.39 is 0 Å². The molecule has 8 heteroatoms. The molecule has 0 bridgehead atoms. The van der Waals surface area contributed by atoms with Crippen LogP contribution < -0.4 is 15.4 Å². The Bertz CT molecular complexity index is 883. The van der Waals surface area contributed by atoms with Gasteiger partial charge in [0, 0.05) is 31.9 Å². The summed E-state index contributed by atoms with van der Waals surface area (Å²) in [6.45, 7) is 7.62. The van der Waals surface area contributed by atoms with Crippen LogP contribution in [0.4, 0.5) is 11.4 Å². The second-order valence-electron chi connectivity index (χ2n) is 7.46. The van der Waals surface area contributed by atoms with E-state index in [2.05, 4.69) is 20.4 Å². The zero-order valence-corrected chi connectivity index (χ0v) is 18.7. The first-order chi connectivity index (χ1) is 15.0. The van der Waals surface area contributed by atoms with Gasteiger partial charge in [-0.25, -0.2) is 0 Å². The number of ether oxygens (including phenoxy) is 1. The maximum Gasteiger partial charge on any atom is 0.241 e. The van der Waals surface area contributed by atoms with Gasteiger partial charge in [-0.1, -0.05) is 23.7 Å². The third kappa shape index (κ3) is 6.69. The first-order valence-corrected chi connectivity index (χ1v) is 10.9. The number of halogens is 1. The fraction of sp³-hybridized carbons (Fsp3) is 0.391. The summed E-state index contributed by atoms with van der Waals surface area (Å²) in [5, 5.41) is 6.33. The molecule has 1 aliphatic heterocycles. The molecule has 7 nitrogen and oxygen atoms in total. The molecule has 1 unspecified atom stereocenters. The van der Waals surface area contributed by atoms with E-state index >= 15 is 0 Å². The van der Waals surface area contributed by atoms with Crippen LogP contribution >= 0.6 is 11.6 Å². The Morgan fingerprint density at radius 3 is 2.35 bits per heavy atom. The molecule has 1 atom stereocenters. The second-order valence-corrected chi connectivity index (χ2v) is 7.87. The molecule has 0 radical (unpaired) electrons. The van der Waals surface area contributed by atoms with Gasteiger partial charge in [-0.05, 0) is 50.2 Å². The summed E-state index contributed by atoms with van der Waals surface area (Å²) in [5.41, 5.74) is 1.36. The van der Waals surface area contributed by atoms with Crippen LogP contribution in [0.15, 0.2) is 48.5 Å². The van der Waals surface area contributed by atoms with E-state index in [0.29, 0.717) is 23.9 Å². The van der Waals surface area contributed by atoms with E-state index in [9.17, 15) is 9.59 Å². The fourth-order valence-corrected chi connectivity index (χ4v) is 3.66. The summed E-state index contributed by atoms with van der Waals surface area (Å²) >= 11 is 6.10. The molecule has 1 aliphatic rings. The number of piperazine rings is 1. The Kier molecular flexibility index (Phi) is 8.28. The average Bonchev–Trinajstić information content (AvgIpc) is 2.77. The summed E-state index contributed by atoms with van der Waals surface area (Å²) < 4.78 is 5.42. The highest BCUT2D eigenvalue weighted by atomic mass is 35.5. The summed E-state index contributed by atoms with van der Waals surface area (Å²) in [4.78, 5) is 29.2. The number of carbonyl (C=O) groups is 2. The minimum Gasteiger partial charge on any atom is -0.494 e. The molecule has 0 aromatic heterocycles. The molecule has 2 N–H and O–H groups in total. The number of amides is 2. The lowest BCUT2D eigenvalue weighted by Crippen LogP contribution is -2.53. The van der Waals surface area contributed by atoms with Crippen LogP contribution in [0, 0.1) is 0 Å². The Labute approximate surface area is 188 Å². The third-order valence-electron chi connectivity index (χ3n) is 5.28. The normalized spacial score (nSPS) is 15.8. The van der Waals surface area contributed by atoms with Crippen molar-refractivity contribution < 1.29 is 14.3 Å². The lowest BCUT2D eigenvalue weighted by molar-refractivity contribution is -0.122. The van der Waals surface area contributed by atoms with E-state index in [1.54, 1.807) is 12.1 Å². The Morgan fingerprint density at radius 2 is 1.71 bits per heavy atom. The van der Waals surface area contributed by atoms with Gasteiger partial charge < -0.3 is 15.4 Å². The molecule has 1 saturated heterocycles. The number of para-hydroxylation sites is 1. The van der Waals surface area contributed by atoms with Crippen molar-refractivity contribution in [2.24, 2.45) is 0 Å². The summed E-state index contributed by atoms with van der Waals surface area (Å²) in [7, 11) is 0. The zero-order valence-electron chi connectivity index (χ0n) is 17.9. The van der Waals surface area contributed by atoms with Crippen LogP contribution in [-0.4, -0.2) is 67.0 Å². The number of benzene rings is 2. The van der Waals surface area contributed by atoms with Crippen LogP contribution in [0.2, 0.25) is 5.02 Å². The van der Waals surface area contributed by atoms with E-state index in [0.717, 1.165) is 37.6 Å². The number of nitrogens with zero attached hydrogens (tertiary/aromatic N) is 2. The van der Waals surface area contributed by atoms with Gasteiger partial charge in [0.05, 0.1) is 29.9 Å². The quantitative estimate of drug-likeness (QED) is 0.653. The van der Waals surface area contributed by atoms with Crippen LogP contribution in [0.1, 0.15) is 13.8 Å². The summed E-state index contributed by atoms with van der Waals surface area (Å²) in [5.74, 6) is 0.639. The fourth-order valence-electron chi connectivity index (χ4n) is 3.48. The van der Waals surface area contributed by atoms with Crippen molar-refractivity contribution in [3.63, 3.8) is 0 Å². The molecule has 2 aromatic carbocycles. The van der Waals surface area contributed by atoms with E-state index in [1.165, 1.54) is 0 Å². The lowest BCUT2D eigenvalue weighted by atomic mass is 10.2. The lowest BCUT2D eigenvalue weighted by Gasteiger charge is -2.37. The number of anilines is 2. The molecule has 166 valence electrons. The topological polar surface area (TPSA) is 73.9 Å². The van der Waals surface area contributed by atoms with Crippen LogP contribution in [0.25, 0.3) is 0 Å². The van der Waals surface area contributed by atoms with Crippen molar-refractivity contribution >= 4 is 34.8 Å². The largest absolute Gasteiger partial charge is 0.494 e. The molecular formula is C23H29ClN4O3. The maximum atomic E-state index is 12.6. The highest BCUT2D eigenvalue weighted by Crippen LogP contribution is 2.20. The van der Waals surface area contributed by atoms with Crippen LogP contribution in [0.3, 0.4) is 0 Å². The molecule has 2 amide bonds. The van der Waals surface area contributed by atoms with Gasteiger partial charge >= 0.3 is 0 Å². The van der Waals surface area contributed by atoms with Gasteiger partial charge in [0.25, 0.3) is 0 Å². The molecular weight excluding hydrogens is 416 g/mol. The number of rotatable bonds is 8. The van der Waals surface area contributed by atoms with Gasteiger partial charge in [0.15, 0.2) is 0 Å². The van der Waals surface area contributed by atoms with E-state index in [1.807, 2.05) is 50.2 Å². The first-order valence-electron chi connectivity index (χ1n) is 10.5. The summed E-state index contributed by atoms with van der Waals surface area (Å²) in [6.07, 6.45) is 0. The Morgan fingerprint density at radius 1 is 1.03 bits per heavy atom. The molecule has 0 spiro atoms. The van der Waals surface area contributed by atoms with Gasteiger partial charge in [-0.2, -0.15) is 0 Å². The van der Waals surface area contributed by atoms with Gasteiger partial charge in [-0.3, -0.25) is 19.4 Å². The number of carbonyl (C=O) groups excluding carboxylic acids is 2. The Hall–Kier alpha value is -2.61. The summed E-state index contributed by atoms with van der Waals surface area (Å²) in [6, 6.07) is 14.3. The van der Waals surface area contributed by atoms with Crippen molar-refractivity contribution in [3.05, 3.63) is 53.6 Å².